The lowest BCUT2D eigenvalue weighted by Gasteiger charge is -2.10. The Hall–Kier alpha value is -2.69. The van der Waals surface area contributed by atoms with Gasteiger partial charge in [-0.05, 0) is 46.9 Å². The second-order valence-electron chi connectivity index (χ2n) is 7.26. The second-order valence-corrected chi connectivity index (χ2v) is 7.26. The van der Waals surface area contributed by atoms with Crippen molar-refractivity contribution >= 4 is 0 Å². The number of benzene rings is 3. The van der Waals surface area contributed by atoms with Crippen molar-refractivity contribution in [2.24, 2.45) is 0 Å². The lowest BCUT2D eigenvalue weighted by atomic mass is 9.98. The minimum absolute atomic E-state index is 0.210. The molecule has 0 unspecified atom stereocenters. The molecule has 0 amide bonds. The molecule has 0 fully saturated rings. The molecule has 0 atom stereocenters. The third-order valence-corrected chi connectivity index (χ3v) is 4.99. The maximum atomic E-state index is 14.8. The SMILES string of the molecule is CCCc1ccc(-c2ccc(-c3ccc(OCCNCCOC)cc3)cc2F)cc1. The number of halogens is 1. The van der Waals surface area contributed by atoms with Crippen LogP contribution in [0.1, 0.15) is 18.9 Å². The molecule has 0 heterocycles. The fourth-order valence-corrected chi connectivity index (χ4v) is 3.35. The smallest absolute Gasteiger partial charge is 0.131 e. The van der Waals surface area contributed by atoms with Crippen molar-refractivity contribution in [1.82, 2.24) is 5.32 Å². The van der Waals surface area contributed by atoms with Gasteiger partial charge in [-0.1, -0.05) is 61.9 Å². The molecule has 3 aromatic carbocycles. The highest BCUT2D eigenvalue weighted by atomic mass is 19.1. The minimum Gasteiger partial charge on any atom is -0.492 e. The summed E-state index contributed by atoms with van der Waals surface area (Å²) >= 11 is 0. The van der Waals surface area contributed by atoms with Gasteiger partial charge in [0.05, 0.1) is 6.61 Å². The fourth-order valence-electron chi connectivity index (χ4n) is 3.35. The molecule has 3 rings (SSSR count). The van der Waals surface area contributed by atoms with Crippen LogP contribution in [0.4, 0.5) is 4.39 Å². The van der Waals surface area contributed by atoms with Gasteiger partial charge in [-0.15, -0.1) is 0 Å². The van der Waals surface area contributed by atoms with Gasteiger partial charge in [0.15, 0.2) is 0 Å². The summed E-state index contributed by atoms with van der Waals surface area (Å²) in [6.45, 7) is 5.00. The predicted octanol–water partition coefficient (Wildman–Crippen LogP) is 5.73. The molecular weight excluding hydrogens is 377 g/mol. The van der Waals surface area contributed by atoms with Crippen molar-refractivity contribution in [1.29, 1.82) is 0 Å². The molecule has 0 saturated carbocycles. The molecular formula is C26H30FNO2. The van der Waals surface area contributed by atoms with Crippen molar-refractivity contribution in [2.45, 2.75) is 19.8 Å². The molecule has 0 spiro atoms. The number of ether oxygens (including phenoxy) is 2. The van der Waals surface area contributed by atoms with E-state index in [1.807, 2.05) is 48.5 Å². The van der Waals surface area contributed by atoms with Gasteiger partial charge in [-0.3, -0.25) is 0 Å². The van der Waals surface area contributed by atoms with Crippen LogP contribution in [0, 0.1) is 5.82 Å². The summed E-state index contributed by atoms with van der Waals surface area (Å²) in [5.41, 5.74) is 4.63. The van der Waals surface area contributed by atoms with E-state index in [1.165, 1.54) is 5.56 Å². The Balaban J connectivity index is 1.61. The Morgan fingerprint density at radius 2 is 1.47 bits per heavy atom. The number of rotatable bonds is 11. The van der Waals surface area contributed by atoms with Gasteiger partial charge in [-0.2, -0.15) is 0 Å². The fraction of sp³-hybridized carbons (Fsp3) is 0.308. The molecule has 30 heavy (non-hydrogen) atoms. The molecule has 4 heteroatoms. The maximum absolute atomic E-state index is 14.8. The molecule has 158 valence electrons. The predicted molar refractivity (Wildman–Crippen MR) is 122 cm³/mol. The molecule has 0 radical (unpaired) electrons. The summed E-state index contributed by atoms with van der Waals surface area (Å²) in [6, 6.07) is 21.3. The first-order chi connectivity index (χ1) is 14.7. The zero-order valence-corrected chi connectivity index (χ0v) is 17.8. The van der Waals surface area contributed by atoms with Gasteiger partial charge >= 0.3 is 0 Å². The van der Waals surface area contributed by atoms with E-state index >= 15 is 0 Å². The normalized spacial score (nSPS) is 10.9. The van der Waals surface area contributed by atoms with E-state index < -0.39 is 0 Å². The first-order valence-electron chi connectivity index (χ1n) is 10.5. The third kappa shape index (κ3) is 6.15. The quantitative estimate of drug-likeness (QED) is 0.412. The number of hydrogen-bond donors (Lipinski definition) is 1. The van der Waals surface area contributed by atoms with Crippen LogP contribution in [-0.2, 0) is 11.2 Å². The van der Waals surface area contributed by atoms with Gasteiger partial charge < -0.3 is 14.8 Å². The summed E-state index contributed by atoms with van der Waals surface area (Å²) in [5.74, 6) is 0.592. The van der Waals surface area contributed by atoms with Crippen molar-refractivity contribution in [3.8, 4) is 28.0 Å². The van der Waals surface area contributed by atoms with Gasteiger partial charge in [0, 0.05) is 25.8 Å². The molecule has 0 aliphatic rings. The van der Waals surface area contributed by atoms with Gasteiger partial charge in [-0.25, -0.2) is 4.39 Å². The van der Waals surface area contributed by atoms with Crippen LogP contribution in [0.2, 0.25) is 0 Å². The van der Waals surface area contributed by atoms with Crippen molar-refractivity contribution < 1.29 is 13.9 Å². The van der Waals surface area contributed by atoms with E-state index in [-0.39, 0.29) is 5.82 Å². The number of hydrogen-bond acceptors (Lipinski definition) is 3. The highest BCUT2D eigenvalue weighted by molar-refractivity contribution is 5.71. The van der Waals surface area contributed by atoms with E-state index in [0.29, 0.717) is 18.8 Å². The first-order valence-corrected chi connectivity index (χ1v) is 10.5. The van der Waals surface area contributed by atoms with Crippen LogP contribution in [0.5, 0.6) is 5.75 Å². The topological polar surface area (TPSA) is 30.5 Å². The van der Waals surface area contributed by atoms with Crippen molar-refractivity contribution in [2.75, 3.05) is 33.4 Å². The summed E-state index contributed by atoms with van der Waals surface area (Å²) in [6.07, 6.45) is 2.16. The Morgan fingerprint density at radius 3 is 2.13 bits per heavy atom. The maximum Gasteiger partial charge on any atom is 0.131 e. The molecule has 0 saturated heterocycles. The van der Waals surface area contributed by atoms with Crippen LogP contribution in [0.25, 0.3) is 22.3 Å². The largest absolute Gasteiger partial charge is 0.492 e. The van der Waals surface area contributed by atoms with Crippen LogP contribution in [0.3, 0.4) is 0 Å². The molecule has 3 aromatic rings. The van der Waals surface area contributed by atoms with E-state index in [2.05, 4.69) is 24.4 Å². The number of aryl methyl sites for hydroxylation is 1. The molecule has 3 nitrogen and oxygen atoms in total. The Kier molecular flexibility index (Phi) is 8.42. The van der Waals surface area contributed by atoms with Crippen LogP contribution < -0.4 is 10.1 Å². The summed E-state index contributed by atoms with van der Waals surface area (Å²) in [7, 11) is 1.68. The summed E-state index contributed by atoms with van der Waals surface area (Å²) in [5, 5.41) is 3.24. The van der Waals surface area contributed by atoms with E-state index in [9.17, 15) is 4.39 Å². The van der Waals surface area contributed by atoms with E-state index in [0.717, 1.165) is 48.4 Å². The minimum atomic E-state index is -0.210. The van der Waals surface area contributed by atoms with Crippen LogP contribution in [-0.4, -0.2) is 33.4 Å². The Bertz CT molecular complexity index is 907. The van der Waals surface area contributed by atoms with Gasteiger partial charge in [0.25, 0.3) is 0 Å². The molecule has 0 aliphatic carbocycles. The highest BCUT2D eigenvalue weighted by Gasteiger charge is 2.08. The summed E-state index contributed by atoms with van der Waals surface area (Å²) < 4.78 is 25.5. The van der Waals surface area contributed by atoms with Crippen LogP contribution in [0.15, 0.2) is 66.7 Å². The second kappa shape index (κ2) is 11.5. The third-order valence-electron chi connectivity index (χ3n) is 4.99. The zero-order chi connectivity index (χ0) is 21.2. The van der Waals surface area contributed by atoms with Crippen molar-refractivity contribution in [3.05, 3.63) is 78.1 Å². The van der Waals surface area contributed by atoms with E-state index in [4.69, 9.17) is 9.47 Å². The first kappa shape index (κ1) is 22.0. The number of methoxy groups -OCH3 is 1. The highest BCUT2D eigenvalue weighted by Crippen LogP contribution is 2.29. The number of nitrogens with one attached hydrogen (secondary N) is 1. The Labute approximate surface area is 178 Å². The van der Waals surface area contributed by atoms with Gasteiger partial charge in [0.1, 0.15) is 18.2 Å². The monoisotopic (exact) mass is 407 g/mol. The molecule has 0 aromatic heterocycles. The molecule has 1 N–H and O–H groups in total. The molecule has 0 bridgehead atoms. The lowest BCUT2D eigenvalue weighted by molar-refractivity contribution is 0.197. The van der Waals surface area contributed by atoms with Crippen LogP contribution >= 0.6 is 0 Å². The molecule has 0 aliphatic heterocycles. The van der Waals surface area contributed by atoms with Crippen molar-refractivity contribution in [3.63, 3.8) is 0 Å². The average molecular weight is 408 g/mol. The standard InChI is InChI=1S/C26H30FNO2/c1-3-4-20-5-7-22(8-6-20)25-14-11-23(19-26(25)27)21-9-12-24(13-10-21)30-18-16-28-15-17-29-2/h5-14,19,28H,3-4,15-18H2,1-2H3. The summed E-state index contributed by atoms with van der Waals surface area (Å²) in [4.78, 5) is 0. The van der Waals surface area contributed by atoms with Gasteiger partial charge in [0.2, 0.25) is 0 Å². The zero-order valence-electron chi connectivity index (χ0n) is 17.8. The Morgan fingerprint density at radius 1 is 0.800 bits per heavy atom. The average Bonchev–Trinajstić information content (AvgIpc) is 2.77. The van der Waals surface area contributed by atoms with E-state index in [1.54, 1.807) is 13.2 Å². The lowest BCUT2D eigenvalue weighted by Crippen LogP contribution is -2.24.